The predicted octanol–water partition coefficient (Wildman–Crippen LogP) is 2.03. The monoisotopic (exact) mass is 282 g/mol. The van der Waals surface area contributed by atoms with Gasteiger partial charge < -0.3 is 4.74 Å². The summed E-state index contributed by atoms with van der Waals surface area (Å²) in [6, 6.07) is 5.15. The fraction of sp³-hybridized carbons (Fsp3) is 0.500. The molecule has 0 bridgehead atoms. The molecule has 19 heavy (non-hydrogen) atoms. The van der Waals surface area contributed by atoms with Crippen LogP contribution in [0.1, 0.15) is 24.0 Å². The van der Waals surface area contributed by atoms with Gasteiger partial charge in [-0.15, -0.1) is 0 Å². The van der Waals surface area contributed by atoms with Gasteiger partial charge in [-0.2, -0.15) is 0 Å². The van der Waals surface area contributed by atoms with Crippen molar-refractivity contribution in [1.82, 2.24) is 0 Å². The molecule has 1 aliphatic rings. The van der Waals surface area contributed by atoms with Crippen LogP contribution in [0.5, 0.6) is 0 Å². The van der Waals surface area contributed by atoms with Crippen molar-refractivity contribution in [3.63, 3.8) is 0 Å². The van der Waals surface area contributed by atoms with E-state index < -0.39 is 21.1 Å². The van der Waals surface area contributed by atoms with E-state index in [0.29, 0.717) is 5.56 Å². The van der Waals surface area contributed by atoms with Gasteiger partial charge >= 0.3 is 5.97 Å². The van der Waals surface area contributed by atoms with Crippen LogP contribution in [0.2, 0.25) is 0 Å². The number of benzene rings is 1. The van der Waals surface area contributed by atoms with Crippen LogP contribution < -0.4 is 0 Å². The van der Waals surface area contributed by atoms with Crippen molar-refractivity contribution < 1.29 is 17.9 Å². The number of carbonyl (C=O) groups excluding carboxylic acids is 1. The third-order valence-corrected chi connectivity index (χ3v) is 5.77. The maximum Gasteiger partial charge on any atom is 0.324 e. The van der Waals surface area contributed by atoms with E-state index in [-0.39, 0.29) is 10.8 Å². The quantitative estimate of drug-likeness (QED) is 0.793. The molecule has 2 rings (SSSR count). The Morgan fingerprint density at radius 3 is 2.42 bits per heavy atom. The number of aryl methyl sites for hydroxylation is 2. The highest BCUT2D eigenvalue weighted by Crippen LogP contribution is 2.39. The first kappa shape index (κ1) is 14.1. The summed E-state index contributed by atoms with van der Waals surface area (Å²) in [6.07, 6.45) is 1.54. The molecule has 0 aliphatic heterocycles. The molecule has 1 aliphatic carbocycles. The van der Waals surface area contributed by atoms with E-state index in [9.17, 15) is 13.2 Å². The molecule has 104 valence electrons. The van der Waals surface area contributed by atoms with Crippen molar-refractivity contribution in [2.75, 3.05) is 7.11 Å². The molecule has 1 aromatic rings. The maximum absolute atomic E-state index is 12.6. The minimum atomic E-state index is -3.67. The Kier molecular flexibility index (Phi) is 3.67. The van der Waals surface area contributed by atoms with Gasteiger partial charge in [0.2, 0.25) is 0 Å². The zero-order valence-corrected chi connectivity index (χ0v) is 12.2. The van der Waals surface area contributed by atoms with Crippen LogP contribution in [0.4, 0.5) is 0 Å². The first-order chi connectivity index (χ1) is 8.87. The standard InChI is InChI=1S/C14H18O4S/c1-9-4-7-12(10(2)8-9)19(16,17)13(11-5-6-11)14(15)18-3/h4,7-8,11,13H,5-6H2,1-3H3. The summed E-state index contributed by atoms with van der Waals surface area (Å²) in [6.45, 7) is 3.66. The number of methoxy groups -OCH3 is 1. The van der Waals surface area contributed by atoms with Crippen molar-refractivity contribution in [3.8, 4) is 0 Å². The second-order valence-corrected chi connectivity index (χ2v) is 7.13. The number of sulfone groups is 1. The lowest BCUT2D eigenvalue weighted by Crippen LogP contribution is -2.33. The third kappa shape index (κ3) is 2.66. The van der Waals surface area contributed by atoms with E-state index in [4.69, 9.17) is 0 Å². The second-order valence-electron chi connectivity index (χ2n) is 5.10. The number of carbonyl (C=O) groups is 1. The normalized spacial score (nSPS) is 17.0. The highest BCUT2D eigenvalue weighted by molar-refractivity contribution is 7.92. The Bertz CT molecular complexity index is 600. The molecule has 1 atom stereocenters. The van der Waals surface area contributed by atoms with E-state index in [1.165, 1.54) is 7.11 Å². The number of esters is 1. The lowest BCUT2D eigenvalue weighted by molar-refractivity contribution is -0.140. The van der Waals surface area contributed by atoms with Crippen LogP contribution in [0.3, 0.4) is 0 Å². The molecule has 0 radical (unpaired) electrons. The zero-order chi connectivity index (χ0) is 14.2. The van der Waals surface area contributed by atoms with E-state index in [1.807, 2.05) is 13.0 Å². The molecular weight excluding hydrogens is 264 g/mol. The van der Waals surface area contributed by atoms with Gasteiger partial charge in [0.15, 0.2) is 15.1 Å². The van der Waals surface area contributed by atoms with Gasteiger partial charge in [0.05, 0.1) is 12.0 Å². The molecule has 1 saturated carbocycles. The molecule has 1 aromatic carbocycles. The SMILES string of the molecule is COC(=O)C(C1CC1)S(=O)(=O)c1ccc(C)cc1C. The second kappa shape index (κ2) is 4.96. The summed E-state index contributed by atoms with van der Waals surface area (Å²) in [5, 5.41) is -1.06. The number of rotatable bonds is 4. The van der Waals surface area contributed by atoms with Crippen molar-refractivity contribution >= 4 is 15.8 Å². The average Bonchev–Trinajstić information content (AvgIpc) is 3.12. The highest BCUT2D eigenvalue weighted by atomic mass is 32.2. The zero-order valence-electron chi connectivity index (χ0n) is 11.3. The Morgan fingerprint density at radius 1 is 1.32 bits per heavy atom. The third-order valence-electron chi connectivity index (χ3n) is 3.45. The fourth-order valence-corrected chi connectivity index (χ4v) is 4.51. The van der Waals surface area contributed by atoms with Crippen molar-refractivity contribution in [1.29, 1.82) is 0 Å². The van der Waals surface area contributed by atoms with Crippen molar-refractivity contribution in [3.05, 3.63) is 29.3 Å². The summed E-state index contributed by atoms with van der Waals surface area (Å²) in [4.78, 5) is 12.0. The minimum Gasteiger partial charge on any atom is -0.468 e. The van der Waals surface area contributed by atoms with Crippen LogP contribution in [0, 0.1) is 19.8 Å². The van der Waals surface area contributed by atoms with E-state index in [1.54, 1.807) is 19.1 Å². The molecule has 0 amide bonds. The van der Waals surface area contributed by atoms with E-state index in [0.717, 1.165) is 18.4 Å². The van der Waals surface area contributed by atoms with Crippen molar-refractivity contribution in [2.45, 2.75) is 36.8 Å². The number of hydrogen-bond acceptors (Lipinski definition) is 4. The predicted molar refractivity (Wildman–Crippen MR) is 71.6 cm³/mol. The Hall–Kier alpha value is -1.36. The van der Waals surface area contributed by atoms with Gasteiger partial charge in [-0.1, -0.05) is 17.7 Å². The van der Waals surface area contributed by atoms with Gasteiger partial charge in [-0.3, -0.25) is 4.79 Å². The van der Waals surface area contributed by atoms with Gasteiger partial charge in [0, 0.05) is 0 Å². The molecule has 0 spiro atoms. The lowest BCUT2D eigenvalue weighted by atomic mass is 10.2. The largest absolute Gasteiger partial charge is 0.468 e. The summed E-state index contributed by atoms with van der Waals surface area (Å²) >= 11 is 0. The molecule has 0 N–H and O–H groups in total. The Balaban J connectivity index is 2.47. The summed E-state index contributed by atoms with van der Waals surface area (Å²) in [5.41, 5.74) is 1.67. The van der Waals surface area contributed by atoms with Gasteiger partial charge in [-0.25, -0.2) is 8.42 Å². The first-order valence-corrected chi connectivity index (χ1v) is 7.81. The topological polar surface area (TPSA) is 60.4 Å². The van der Waals surface area contributed by atoms with Crippen LogP contribution in [0.25, 0.3) is 0 Å². The maximum atomic E-state index is 12.6. The Labute approximate surface area is 113 Å². The number of ether oxygens (including phenoxy) is 1. The average molecular weight is 282 g/mol. The molecule has 0 heterocycles. The first-order valence-electron chi connectivity index (χ1n) is 6.27. The molecular formula is C14H18O4S. The molecule has 4 nitrogen and oxygen atoms in total. The van der Waals surface area contributed by atoms with E-state index in [2.05, 4.69) is 4.74 Å². The van der Waals surface area contributed by atoms with Crippen LogP contribution in [-0.2, 0) is 19.4 Å². The van der Waals surface area contributed by atoms with Crippen molar-refractivity contribution in [2.24, 2.45) is 5.92 Å². The molecule has 0 saturated heterocycles. The number of hydrogen-bond donors (Lipinski definition) is 0. The summed E-state index contributed by atoms with van der Waals surface area (Å²) in [5.74, 6) is -0.749. The lowest BCUT2D eigenvalue weighted by Gasteiger charge is -2.16. The summed E-state index contributed by atoms with van der Waals surface area (Å²) < 4.78 is 30.0. The van der Waals surface area contributed by atoms with Crippen LogP contribution >= 0.6 is 0 Å². The molecule has 5 heteroatoms. The fourth-order valence-electron chi connectivity index (χ4n) is 2.34. The molecule has 1 fully saturated rings. The Morgan fingerprint density at radius 2 is 1.95 bits per heavy atom. The minimum absolute atomic E-state index is 0.0989. The van der Waals surface area contributed by atoms with Gasteiger partial charge in [-0.05, 0) is 44.2 Å². The van der Waals surface area contributed by atoms with Gasteiger partial charge in [0.1, 0.15) is 0 Å². The summed E-state index contributed by atoms with van der Waals surface area (Å²) in [7, 11) is -2.44. The van der Waals surface area contributed by atoms with Crippen LogP contribution in [-0.4, -0.2) is 26.7 Å². The molecule has 1 unspecified atom stereocenters. The smallest absolute Gasteiger partial charge is 0.324 e. The van der Waals surface area contributed by atoms with Gasteiger partial charge in [0.25, 0.3) is 0 Å². The van der Waals surface area contributed by atoms with Crippen LogP contribution in [0.15, 0.2) is 23.1 Å². The highest BCUT2D eigenvalue weighted by Gasteiger charge is 2.46. The van der Waals surface area contributed by atoms with E-state index >= 15 is 0 Å². The molecule has 0 aromatic heterocycles.